The van der Waals surface area contributed by atoms with Crippen LogP contribution in [0, 0.1) is 5.92 Å². The van der Waals surface area contributed by atoms with Crippen LogP contribution >= 0.6 is 11.8 Å². The SMILES string of the molecule is COc1ccc(NC(=O)N2CCC3(CC2)SCCN3C(=O)C2CCCCC2)cc1. The lowest BCUT2D eigenvalue weighted by Crippen LogP contribution is -2.55. The number of amides is 3. The van der Waals surface area contributed by atoms with E-state index in [2.05, 4.69) is 10.2 Å². The van der Waals surface area contributed by atoms with Gasteiger partial charge >= 0.3 is 6.03 Å². The Kier molecular flexibility index (Phi) is 6.23. The zero-order valence-corrected chi connectivity index (χ0v) is 18.0. The van der Waals surface area contributed by atoms with Gasteiger partial charge in [-0.15, -0.1) is 11.8 Å². The number of rotatable bonds is 3. The molecule has 2 saturated heterocycles. The molecular formula is C22H31N3O3S. The molecule has 0 atom stereocenters. The summed E-state index contributed by atoms with van der Waals surface area (Å²) in [5, 5.41) is 2.97. The van der Waals surface area contributed by atoms with E-state index in [1.165, 1.54) is 19.3 Å². The minimum absolute atomic E-state index is 0.0711. The van der Waals surface area contributed by atoms with Gasteiger partial charge in [-0.05, 0) is 49.9 Å². The Hall–Kier alpha value is -1.89. The normalized spacial score (nSPS) is 22.0. The Bertz CT molecular complexity index is 725. The molecule has 0 aromatic heterocycles. The van der Waals surface area contributed by atoms with Crippen molar-refractivity contribution < 1.29 is 14.3 Å². The highest BCUT2D eigenvalue weighted by Gasteiger charge is 2.48. The van der Waals surface area contributed by atoms with E-state index in [4.69, 9.17) is 4.74 Å². The Balaban J connectivity index is 1.34. The van der Waals surface area contributed by atoms with Crippen molar-refractivity contribution in [2.45, 2.75) is 49.8 Å². The van der Waals surface area contributed by atoms with Crippen molar-refractivity contribution in [3.63, 3.8) is 0 Å². The molecule has 29 heavy (non-hydrogen) atoms. The van der Waals surface area contributed by atoms with Gasteiger partial charge in [0.25, 0.3) is 0 Å². The fourth-order valence-corrected chi connectivity index (χ4v) is 6.30. The zero-order valence-electron chi connectivity index (χ0n) is 17.2. The minimum atomic E-state index is -0.106. The van der Waals surface area contributed by atoms with Crippen molar-refractivity contribution in [2.24, 2.45) is 5.92 Å². The summed E-state index contributed by atoms with van der Waals surface area (Å²) in [6, 6.07) is 7.30. The summed E-state index contributed by atoms with van der Waals surface area (Å²) in [5.41, 5.74) is 0.764. The van der Waals surface area contributed by atoms with Gasteiger partial charge in [0.05, 0.1) is 12.0 Å². The number of ether oxygens (including phenoxy) is 1. The molecular weight excluding hydrogens is 386 g/mol. The number of carbonyl (C=O) groups excluding carboxylic acids is 2. The summed E-state index contributed by atoms with van der Waals surface area (Å²) in [6.45, 7) is 2.23. The number of carbonyl (C=O) groups is 2. The molecule has 1 saturated carbocycles. The van der Waals surface area contributed by atoms with E-state index in [0.29, 0.717) is 19.0 Å². The highest BCUT2D eigenvalue weighted by atomic mass is 32.2. The van der Waals surface area contributed by atoms with Crippen LogP contribution in [0.3, 0.4) is 0 Å². The van der Waals surface area contributed by atoms with Gasteiger partial charge in [-0.2, -0.15) is 0 Å². The van der Waals surface area contributed by atoms with Crippen molar-refractivity contribution in [3.05, 3.63) is 24.3 Å². The van der Waals surface area contributed by atoms with E-state index < -0.39 is 0 Å². The van der Waals surface area contributed by atoms with Gasteiger partial charge in [0, 0.05) is 37.0 Å². The maximum atomic E-state index is 13.2. The van der Waals surface area contributed by atoms with E-state index >= 15 is 0 Å². The number of urea groups is 1. The molecule has 7 heteroatoms. The third-order valence-corrected chi connectivity index (χ3v) is 8.12. The van der Waals surface area contributed by atoms with Crippen LogP contribution in [0.15, 0.2) is 24.3 Å². The fraction of sp³-hybridized carbons (Fsp3) is 0.636. The minimum Gasteiger partial charge on any atom is -0.497 e. The largest absolute Gasteiger partial charge is 0.497 e. The molecule has 1 aromatic carbocycles. The number of methoxy groups -OCH3 is 1. The first-order chi connectivity index (χ1) is 14.1. The Morgan fingerprint density at radius 2 is 1.76 bits per heavy atom. The molecule has 158 valence electrons. The number of hydrogen-bond acceptors (Lipinski definition) is 4. The second-order valence-corrected chi connectivity index (χ2v) is 9.72. The second kappa shape index (κ2) is 8.86. The van der Waals surface area contributed by atoms with Gasteiger partial charge in [-0.1, -0.05) is 19.3 Å². The highest BCUT2D eigenvalue weighted by molar-refractivity contribution is 8.00. The third-order valence-electron chi connectivity index (χ3n) is 6.57. The van der Waals surface area contributed by atoms with Gasteiger partial charge in [-0.3, -0.25) is 4.79 Å². The van der Waals surface area contributed by atoms with E-state index in [0.717, 1.165) is 49.4 Å². The lowest BCUT2D eigenvalue weighted by molar-refractivity contribution is -0.140. The number of thioether (sulfide) groups is 1. The maximum Gasteiger partial charge on any atom is 0.321 e. The third kappa shape index (κ3) is 4.34. The van der Waals surface area contributed by atoms with Crippen molar-refractivity contribution >= 4 is 29.4 Å². The van der Waals surface area contributed by atoms with E-state index in [1.54, 1.807) is 7.11 Å². The van der Waals surface area contributed by atoms with Crippen molar-refractivity contribution in [3.8, 4) is 5.75 Å². The lowest BCUT2D eigenvalue weighted by Gasteiger charge is -2.45. The summed E-state index contributed by atoms with van der Waals surface area (Å²) in [7, 11) is 1.63. The molecule has 1 aliphatic carbocycles. The van der Waals surface area contributed by atoms with Crippen LogP contribution in [-0.2, 0) is 4.79 Å². The molecule has 2 heterocycles. The van der Waals surface area contributed by atoms with Crippen molar-refractivity contribution in [1.29, 1.82) is 0 Å². The molecule has 1 aromatic rings. The highest BCUT2D eigenvalue weighted by Crippen LogP contribution is 2.45. The predicted octanol–water partition coefficient (Wildman–Crippen LogP) is 4.17. The van der Waals surface area contributed by atoms with Crippen LogP contribution in [0.2, 0.25) is 0 Å². The summed E-state index contributed by atoms with van der Waals surface area (Å²) in [5.74, 6) is 2.36. The van der Waals surface area contributed by atoms with Gasteiger partial charge in [-0.25, -0.2) is 4.79 Å². The second-order valence-electron chi connectivity index (χ2n) is 8.27. The van der Waals surface area contributed by atoms with Crippen LogP contribution in [0.5, 0.6) is 5.75 Å². The van der Waals surface area contributed by atoms with Gasteiger partial charge < -0.3 is 19.9 Å². The first-order valence-electron chi connectivity index (χ1n) is 10.8. The molecule has 3 amide bonds. The molecule has 0 radical (unpaired) electrons. The summed E-state index contributed by atoms with van der Waals surface area (Å²) in [6.07, 6.45) is 7.44. The number of hydrogen-bond donors (Lipinski definition) is 1. The molecule has 2 aliphatic heterocycles. The summed E-state index contributed by atoms with van der Waals surface area (Å²) >= 11 is 1.92. The van der Waals surface area contributed by atoms with E-state index in [1.807, 2.05) is 40.9 Å². The van der Waals surface area contributed by atoms with Crippen LogP contribution in [0.1, 0.15) is 44.9 Å². The quantitative estimate of drug-likeness (QED) is 0.802. The number of likely N-dealkylation sites (tertiary alicyclic amines) is 1. The monoisotopic (exact) mass is 417 g/mol. The predicted molar refractivity (Wildman–Crippen MR) is 116 cm³/mol. The molecule has 1 N–H and O–H groups in total. The van der Waals surface area contributed by atoms with Crippen LogP contribution in [0.4, 0.5) is 10.5 Å². The molecule has 0 bridgehead atoms. The molecule has 4 rings (SSSR count). The average Bonchev–Trinajstić information content (AvgIpc) is 3.17. The molecule has 6 nitrogen and oxygen atoms in total. The zero-order chi connectivity index (χ0) is 20.3. The molecule has 3 aliphatic rings. The molecule has 3 fully saturated rings. The van der Waals surface area contributed by atoms with Crippen molar-refractivity contribution in [2.75, 3.05) is 37.8 Å². The fourth-order valence-electron chi connectivity index (χ4n) is 4.84. The number of benzene rings is 1. The Labute approximate surface area is 177 Å². The van der Waals surface area contributed by atoms with E-state index in [-0.39, 0.29) is 16.8 Å². The molecule has 1 spiro atoms. The van der Waals surface area contributed by atoms with Crippen LogP contribution in [0.25, 0.3) is 0 Å². The lowest BCUT2D eigenvalue weighted by atomic mass is 9.87. The maximum absolute atomic E-state index is 13.2. The van der Waals surface area contributed by atoms with Gasteiger partial charge in [0.1, 0.15) is 5.75 Å². The summed E-state index contributed by atoms with van der Waals surface area (Å²) in [4.78, 5) is 29.8. The first kappa shape index (κ1) is 20.4. The van der Waals surface area contributed by atoms with Gasteiger partial charge in [0.2, 0.25) is 5.91 Å². The van der Waals surface area contributed by atoms with Gasteiger partial charge in [0.15, 0.2) is 0 Å². The summed E-state index contributed by atoms with van der Waals surface area (Å²) < 4.78 is 5.16. The van der Waals surface area contributed by atoms with Crippen LogP contribution in [-0.4, -0.2) is 59.1 Å². The standard InChI is InChI=1S/C22H31N3O3S/c1-28-19-9-7-18(8-10-19)23-21(27)24-13-11-22(12-14-24)25(15-16-29-22)20(26)17-5-3-2-4-6-17/h7-10,17H,2-6,11-16H2,1H3,(H,23,27). The number of piperidine rings is 1. The number of anilines is 1. The van der Waals surface area contributed by atoms with Crippen LogP contribution < -0.4 is 10.1 Å². The Morgan fingerprint density at radius 1 is 1.07 bits per heavy atom. The van der Waals surface area contributed by atoms with E-state index in [9.17, 15) is 9.59 Å². The Morgan fingerprint density at radius 3 is 2.41 bits per heavy atom. The smallest absolute Gasteiger partial charge is 0.321 e. The average molecular weight is 418 g/mol. The van der Waals surface area contributed by atoms with Crippen molar-refractivity contribution in [1.82, 2.24) is 9.80 Å². The number of nitrogens with zero attached hydrogens (tertiary/aromatic N) is 2. The molecule has 0 unspecified atom stereocenters. The topological polar surface area (TPSA) is 61.9 Å². The first-order valence-corrected chi connectivity index (χ1v) is 11.8. The number of nitrogens with one attached hydrogen (secondary N) is 1.